The van der Waals surface area contributed by atoms with Crippen molar-refractivity contribution in [2.45, 2.75) is 44.1 Å². The lowest BCUT2D eigenvalue weighted by Crippen LogP contribution is -2.40. The number of anilines is 1. The number of hydrogen-bond donors (Lipinski definition) is 2. The fraction of sp³-hybridized carbons (Fsp3) is 0.500. The van der Waals surface area contributed by atoms with E-state index >= 15 is 0 Å². The van der Waals surface area contributed by atoms with Gasteiger partial charge in [0.1, 0.15) is 0 Å². The van der Waals surface area contributed by atoms with Gasteiger partial charge in [-0.1, -0.05) is 6.07 Å². The molecular weight excluding hydrogens is 375 g/mol. The largest absolute Gasteiger partial charge is 0.370 e. The first-order valence-electron chi connectivity index (χ1n) is 6.62. The monoisotopic (exact) mass is 393 g/mol. The zero-order chi connectivity index (χ0) is 13.5. The summed E-state index contributed by atoms with van der Waals surface area (Å²) in [6, 6.07) is 5.77. The first-order chi connectivity index (χ1) is 9.02. The number of aryl methyl sites for hydroxylation is 2. The highest BCUT2D eigenvalue weighted by atomic mass is 127. The van der Waals surface area contributed by atoms with Crippen LogP contribution in [0, 0.1) is 0 Å². The molecule has 0 aromatic heterocycles. The van der Waals surface area contributed by atoms with E-state index in [-0.39, 0.29) is 48.8 Å². The zero-order valence-electron chi connectivity index (χ0n) is 11.0. The van der Waals surface area contributed by atoms with E-state index in [1.54, 1.807) is 0 Å². The van der Waals surface area contributed by atoms with Crippen molar-refractivity contribution in [1.82, 2.24) is 0 Å². The summed E-state index contributed by atoms with van der Waals surface area (Å²) in [7, 11) is 0. The molecule has 1 aromatic carbocycles. The van der Waals surface area contributed by atoms with Gasteiger partial charge in [-0.15, -0.1) is 24.0 Å². The first kappa shape index (κ1) is 15.5. The van der Waals surface area contributed by atoms with Gasteiger partial charge < -0.3 is 11.1 Å². The highest BCUT2D eigenvalue weighted by Crippen LogP contribution is 2.39. The maximum Gasteiger partial charge on any atom is 0.252 e. The predicted molar refractivity (Wildman–Crippen MR) is 87.1 cm³/mol. The Morgan fingerprint density at radius 2 is 1.95 bits per heavy atom. The fourth-order valence-electron chi connectivity index (χ4n) is 2.75. The Kier molecular flexibility index (Phi) is 4.51. The number of nitrogens with one attached hydrogen (secondary N) is 1. The fourth-order valence-corrected chi connectivity index (χ4v) is 2.75. The van der Waals surface area contributed by atoms with Crippen LogP contribution in [-0.2, 0) is 12.8 Å². The second kappa shape index (κ2) is 5.83. The molecular formula is C14H18F2IN3. The number of aliphatic imine (C=N–C) groups is 1. The maximum absolute atomic E-state index is 12.7. The lowest BCUT2D eigenvalue weighted by Gasteiger charge is -2.32. The predicted octanol–water partition coefficient (Wildman–Crippen LogP) is 3.32. The summed E-state index contributed by atoms with van der Waals surface area (Å²) in [5, 5.41) is 2.98. The van der Waals surface area contributed by atoms with Gasteiger partial charge >= 0.3 is 0 Å². The third-order valence-electron chi connectivity index (χ3n) is 3.76. The quantitative estimate of drug-likeness (QED) is 0.460. The van der Waals surface area contributed by atoms with Gasteiger partial charge in [-0.3, -0.25) is 0 Å². The lowest BCUT2D eigenvalue weighted by molar-refractivity contribution is -0.0834. The topological polar surface area (TPSA) is 50.4 Å². The normalized spacial score (nSPS) is 20.8. The molecule has 0 unspecified atom stereocenters. The molecule has 110 valence electrons. The molecule has 0 bridgehead atoms. The summed E-state index contributed by atoms with van der Waals surface area (Å²) in [6.07, 6.45) is 3.03. The molecule has 0 spiro atoms. The van der Waals surface area contributed by atoms with Crippen LogP contribution in [0.4, 0.5) is 14.5 Å². The SMILES string of the molecule is I.NC(=NC1CC(F)(F)C1)Nc1ccc2c(c1)CCC2. The molecule has 0 heterocycles. The molecule has 1 aromatic rings. The molecule has 0 amide bonds. The van der Waals surface area contributed by atoms with E-state index in [0.717, 1.165) is 18.5 Å². The number of benzene rings is 1. The van der Waals surface area contributed by atoms with E-state index in [0.29, 0.717) is 0 Å². The molecule has 0 atom stereocenters. The molecule has 0 aliphatic heterocycles. The van der Waals surface area contributed by atoms with Gasteiger partial charge in [0.2, 0.25) is 0 Å². The minimum atomic E-state index is -2.55. The van der Waals surface area contributed by atoms with Crippen LogP contribution in [0.5, 0.6) is 0 Å². The van der Waals surface area contributed by atoms with Crippen LogP contribution in [0.15, 0.2) is 23.2 Å². The minimum absolute atomic E-state index is 0. The lowest BCUT2D eigenvalue weighted by atomic mass is 9.89. The summed E-state index contributed by atoms with van der Waals surface area (Å²) >= 11 is 0. The van der Waals surface area contributed by atoms with Crippen molar-refractivity contribution in [1.29, 1.82) is 0 Å². The standard InChI is InChI=1S/C14H17F2N3.HI/c15-14(16)7-12(8-14)19-13(17)18-11-5-4-9-2-1-3-10(9)6-11;/h4-6,12H,1-3,7-8H2,(H3,17,18,19);1H. The van der Waals surface area contributed by atoms with Crippen molar-refractivity contribution in [3.05, 3.63) is 29.3 Å². The second-order valence-corrected chi connectivity index (χ2v) is 5.39. The molecule has 3 rings (SSSR count). The van der Waals surface area contributed by atoms with Crippen molar-refractivity contribution in [3.8, 4) is 0 Å². The Morgan fingerprint density at radius 1 is 1.25 bits per heavy atom. The summed E-state index contributed by atoms with van der Waals surface area (Å²) < 4.78 is 25.4. The number of nitrogens with zero attached hydrogens (tertiary/aromatic N) is 1. The Morgan fingerprint density at radius 3 is 2.65 bits per heavy atom. The summed E-state index contributed by atoms with van der Waals surface area (Å²) in [6.45, 7) is 0. The number of guanidine groups is 1. The van der Waals surface area contributed by atoms with E-state index in [1.165, 1.54) is 17.5 Å². The highest BCUT2D eigenvalue weighted by molar-refractivity contribution is 14.0. The van der Waals surface area contributed by atoms with Crippen LogP contribution in [0.25, 0.3) is 0 Å². The molecule has 3 nitrogen and oxygen atoms in total. The van der Waals surface area contributed by atoms with E-state index in [9.17, 15) is 8.78 Å². The first-order valence-corrected chi connectivity index (χ1v) is 6.62. The average Bonchev–Trinajstić information content (AvgIpc) is 2.73. The van der Waals surface area contributed by atoms with Gasteiger partial charge in [0.15, 0.2) is 5.96 Å². The van der Waals surface area contributed by atoms with Gasteiger partial charge in [0.05, 0.1) is 6.04 Å². The van der Waals surface area contributed by atoms with Crippen molar-refractivity contribution in [2.24, 2.45) is 10.7 Å². The van der Waals surface area contributed by atoms with E-state index in [1.807, 2.05) is 6.07 Å². The smallest absolute Gasteiger partial charge is 0.252 e. The van der Waals surface area contributed by atoms with E-state index in [4.69, 9.17) is 5.73 Å². The maximum atomic E-state index is 12.7. The van der Waals surface area contributed by atoms with Crippen LogP contribution in [-0.4, -0.2) is 17.9 Å². The number of rotatable bonds is 2. The van der Waals surface area contributed by atoms with Gasteiger partial charge in [0, 0.05) is 18.5 Å². The van der Waals surface area contributed by atoms with Crippen LogP contribution in [0.2, 0.25) is 0 Å². The van der Waals surface area contributed by atoms with Gasteiger partial charge in [-0.05, 0) is 42.5 Å². The molecule has 20 heavy (non-hydrogen) atoms. The number of nitrogens with two attached hydrogens (primary N) is 1. The van der Waals surface area contributed by atoms with Crippen LogP contribution in [0.3, 0.4) is 0 Å². The van der Waals surface area contributed by atoms with Crippen molar-refractivity contribution in [3.63, 3.8) is 0 Å². The summed E-state index contributed by atoms with van der Waals surface area (Å²) in [5.74, 6) is -2.33. The molecule has 2 aliphatic rings. The molecule has 0 radical (unpaired) electrons. The molecule has 2 aliphatic carbocycles. The van der Waals surface area contributed by atoms with Gasteiger partial charge in [-0.25, -0.2) is 13.8 Å². The molecule has 6 heteroatoms. The average molecular weight is 393 g/mol. The van der Waals surface area contributed by atoms with Crippen molar-refractivity contribution < 1.29 is 8.78 Å². The second-order valence-electron chi connectivity index (χ2n) is 5.39. The van der Waals surface area contributed by atoms with E-state index < -0.39 is 5.92 Å². The Bertz CT molecular complexity index is 523. The van der Waals surface area contributed by atoms with Crippen LogP contribution < -0.4 is 11.1 Å². The molecule has 0 saturated heterocycles. The molecule has 3 N–H and O–H groups in total. The van der Waals surface area contributed by atoms with Crippen molar-refractivity contribution >= 4 is 35.6 Å². The highest BCUT2D eigenvalue weighted by Gasteiger charge is 2.45. The molecule has 1 fully saturated rings. The minimum Gasteiger partial charge on any atom is -0.370 e. The summed E-state index contributed by atoms with van der Waals surface area (Å²) in [4.78, 5) is 4.07. The zero-order valence-corrected chi connectivity index (χ0v) is 13.4. The Balaban J connectivity index is 0.00000147. The van der Waals surface area contributed by atoms with Crippen LogP contribution in [0.1, 0.15) is 30.4 Å². The molecule has 1 saturated carbocycles. The van der Waals surface area contributed by atoms with Crippen LogP contribution >= 0.6 is 24.0 Å². The third kappa shape index (κ3) is 3.39. The number of alkyl halides is 2. The summed E-state index contributed by atoms with van der Waals surface area (Å²) in [5.41, 5.74) is 9.36. The third-order valence-corrected chi connectivity index (χ3v) is 3.76. The van der Waals surface area contributed by atoms with Gasteiger partial charge in [-0.2, -0.15) is 0 Å². The number of fused-ring (bicyclic) bond motifs is 1. The van der Waals surface area contributed by atoms with Gasteiger partial charge in [0.25, 0.3) is 5.92 Å². The Hall–Kier alpha value is -0.920. The Labute approximate surface area is 134 Å². The number of hydrogen-bond acceptors (Lipinski definition) is 1. The van der Waals surface area contributed by atoms with E-state index in [2.05, 4.69) is 22.4 Å². The van der Waals surface area contributed by atoms with Crippen molar-refractivity contribution in [2.75, 3.05) is 5.32 Å². The number of halogens is 3.